The fraction of sp³-hybridized carbons (Fsp3) is 0.294. The first-order chi connectivity index (χ1) is 11.0. The van der Waals surface area contributed by atoms with Crippen molar-refractivity contribution in [3.63, 3.8) is 0 Å². The van der Waals surface area contributed by atoms with Gasteiger partial charge in [-0.3, -0.25) is 9.59 Å². The van der Waals surface area contributed by atoms with Gasteiger partial charge in [-0.1, -0.05) is 29.3 Å². The van der Waals surface area contributed by atoms with Crippen LogP contribution >= 0.6 is 22.9 Å². The third-order valence-electron chi connectivity index (χ3n) is 3.90. The van der Waals surface area contributed by atoms with Crippen LogP contribution in [-0.2, 0) is 0 Å². The molecule has 120 valence electrons. The molecule has 23 heavy (non-hydrogen) atoms. The fourth-order valence-corrected chi connectivity index (χ4v) is 3.67. The van der Waals surface area contributed by atoms with Gasteiger partial charge in [0.1, 0.15) is 0 Å². The largest absolute Gasteiger partial charge is 0.335 e. The molecule has 4 nitrogen and oxygen atoms in total. The number of rotatable bonds is 2. The zero-order chi connectivity index (χ0) is 16.4. The van der Waals surface area contributed by atoms with E-state index in [4.69, 9.17) is 11.6 Å². The van der Waals surface area contributed by atoms with Gasteiger partial charge in [0.25, 0.3) is 11.8 Å². The van der Waals surface area contributed by atoms with Crippen molar-refractivity contribution in [1.29, 1.82) is 0 Å². The number of aryl methyl sites for hydroxylation is 1. The number of thiophene rings is 1. The van der Waals surface area contributed by atoms with Gasteiger partial charge in [0.2, 0.25) is 0 Å². The van der Waals surface area contributed by atoms with Crippen LogP contribution in [0.3, 0.4) is 0 Å². The molecule has 2 aromatic rings. The minimum absolute atomic E-state index is 0.00967. The quantitative estimate of drug-likeness (QED) is 0.835. The zero-order valence-electron chi connectivity index (χ0n) is 12.8. The third kappa shape index (κ3) is 3.57. The number of piperazine rings is 1. The predicted octanol–water partition coefficient (Wildman–Crippen LogP) is 3.31. The molecule has 0 radical (unpaired) electrons. The normalized spacial score (nSPS) is 14.9. The fourth-order valence-electron chi connectivity index (χ4n) is 2.66. The van der Waals surface area contributed by atoms with Crippen molar-refractivity contribution in [1.82, 2.24) is 9.80 Å². The summed E-state index contributed by atoms with van der Waals surface area (Å²) < 4.78 is 0.613. The van der Waals surface area contributed by atoms with E-state index in [0.717, 1.165) is 5.56 Å². The number of halogens is 1. The predicted molar refractivity (Wildman–Crippen MR) is 92.3 cm³/mol. The van der Waals surface area contributed by atoms with Gasteiger partial charge in [0, 0.05) is 31.7 Å². The van der Waals surface area contributed by atoms with Crippen molar-refractivity contribution in [2.75, 3.05) is 26.2 Å². The molecular weight excluding hydrogens is 332 g/mol. The lowest BCUT2D eigenvalue weighted by Gasteiger charge is -2.34. The summed E-state index contributed by atoms with van der Waals surface area (Å²) in [6, 6.07) is 11.1. The molecule has 0 saturated carbocycles. The van der Waals surface area contributed by atoms with Crippen LogP contribution < -0.4 is 0 Å². The zero-order valence-corrected chi connectivity index (χ0v) is 14.4. The first-order valence-corrected chi connectivity index (χ1v) is 8.64. The Morgan fingerprint density at radius 1 is 1.00 bits per heavy atom. The van der Waals surface area contributed by atoms with Crippen LogP contribution in [0.5, 0.6) is 0 Å². The summed E-state index contributed by atoms with van der Waals surface area (Å²) in [5.41, 5.74) is 1.77. The van der Waals surface area contributed by atoms with E-state index >= 15 is 0 Å². The Hall–Kier alpha value is -1.85. The average molecular weight is 349 g/mol. The maximum Gasteiger partial charge on any atom is 0.264 e. The van der Waals surface area contributed by atoms with E-state index in [1.54, 1.807) is 21.9 Å². The molecule has 1 aromatic carbocycles. The highest BCUT2D eigenvalue weighted by atomic mass is 35.5. The molecule has 1 aromatic heterocycles. The smallest absolute Gasteiger partial charge is 0.264 e. The van der Waals surface area contributed by atoms with Crippen LogP contribution in [0.1, 0.15) is 25.6 Å². The Morgan fingerprint density at radius 3 is 2.22 bits per heavy atom. The molecule has 0 atom stereocenters. The molecule has 0 N–H and O–H groups in total. The van der Waals surface area contributed by atoms with Crippen molar-refractivity contribution in [2.24, 2.45) is 0 Å². The van der Waals surface area contributed by atoms with Gasteiger partial charge in [-0.05, 0) is 31.2 Å². The highest BCUT2D eigenvalue weighted by Crippen LogP contribution is 2.23. The molecule has 1 fully saturated rings. The molecule has 2 heterocycles. The number of hydrogen-bond acceptors (Lipinski definition) is 3. The first-order valence-electron chi connectivity index (χ1n) is 7.45. The summed E-state index contributed by atoms with van der Waals surface area (Å²) >= 11 is 7.17. The van der Waals surface area contributed by atoms with Crippen LogP contribution in [0.25, 0.3) is 0 Å². The van der Waals surface area contributed by atoms with E-state index in [2.05, 4.69) is 0 Å². The monoisotopic (exact) mass is 348 g/mol. The molecule has 0 spiro atoms. The van der Waals surface area contributed by atoms with E-state index in [1.165, 1.54) is 11.3 Å². The molecule has 2 amide bonds. The summed E-state index contributed by atoms with van der Waals surface area (Å²) in [5.74, 6) is 0.0181. The second-order valence-electron chi connectivity index (χ2n) is 5.56. The van der Waals surface area contributed by atoms with Crippen LogP contribution in [0, 0.1) is 6.92 Å². The van der Waals surface area contributed by atoms with E-state index in [1.807, 2.05) is 31.2 Å². The van der Waals surface area contributed by atoms with Gasteiger partial charge in [0.05, 0.1) is 9.21 Å². The molecule has 6 heteroatoms. The Balaban J connectivity index is 1.62. The minimum atomic E-state index is -0.00967. The molecule has 0 bridgehead atoms. The molecule has 1 aliphatic rings. The van der Waals surface area contributed by atoms with Crippen molar-refractivity contribution in [3.05, 3.63) is 56.7 Å². The number of carbonyl (C=O) groups excluding carboxylic acids is 2. The van der Waals surface area contributed by atoms with E-state index in [0.29, 0.717) is 41.0 Å². The molecule has 0 unspecified atom stereocenters. The van der Waals surface area contributed by atoms with Crippen molar-refractivity contribution >= 4 is 34.8 Å². The van der Waals surface area contributed by atoms with Crippen LogP contribution in [0.2, 0.25) is 4.34 Å². The number of amides is 2. The first kappa shape index (κ1) is 16.0. The number of carbonyl (C=O) groups is 2. The summed E-state index contributed by atoms with van der Waals surface area (Å²) in [4.78, 5) is 29.1. The van der Waals surface area contributed by atoms with Crippen molar-refractivity contribution in [3.8, 4) is 0 Å². The van der Waals surface area contributed by atoms with Gasteiger partial charge in [-0.25, -0.2) is 0 Å². The van der Waals surface area contributed by atoms with Gasteiger partial charge in [-0.15, -0.1) is 11.3 Å². The third-order valence-corrected chi connectivity index (χ3v) is 5.12. The minimum Gasteiger partial charge on any atom is -0.335 e. The lowest BCUT2D eigenvalue weighted by Crippen LogP contribution is -2.50. The lowest BCUT2D eigenvalue weighted by atomic mass is 10.1. The number of benzene rings is 1. The maximum atomic E-state index is 12.5. The highest BCUT2D eigenvalue weighted by molar-refractivity contribution is 7.17. The van der Waals surface area contributed by atoms with Gasteiger partial charge in [0.15, 0.2) is 0 Å². The van der Waals surface area contributed by atoms with Crippen LogP contribution in [-0.4, -0.2) is 47.8 Å². The summed E-state index contributed by atoms with van der Waals surface area (Å²) in [6.45, 7) is 4.17. The van der Waals surface area contributed by atoms with E-state index < -0.39 is 0 Å². The second-order valence-corrected chi connectivity index (χ2v) is 7.27. The SMILES string of the molecule is Cc1cccc(C(=O)N2CCN(C(=O)c3ccc(Cl)s3)CC2)c1. The van der Waals surface area contributed by atoms with Gasteiger partial charge >= 0.3 is 0 Å². The van der Waals surface area contributed by atoms with Crippen molar-refractivity contribution in [2.45, 2.75) is 6.92 Å². The van der Waals surface area contributed by atoms with E-state index in [-0.39, 0.29) is 11.8 Å². The topological polar surface area (TPSA) is 40.6 Å². The second kappa shape index (κ2) is 6.72. The van der Waals surface area contributed by atoms with Crippen molar-refractivity contribution < 1.29 is 9.59 Å². The number of nitrogens with zero attached hydrogens (tertiary/aromatic N) is 2. The summed E-state index contributed by atoms with van der Waals surface area (Å²) in [5, 5.41) is 0. The van der Waals surface area contributed by atoms with E-state index in [9.17, 15) is 9.59 Å². The standard InChI is InChI=1S/C17H17ClN2O2S/c1-12-3-2-4-13(11-12)16(21)19-7-9-20(10-8-19)17(22)14-5-6-15(18)23-14/h2-6,11H,7-10H2,1H3. The molecule has 1 saturated heterocycles. The van der Waals surface area contributed by atoms with Crippen LogP contribution in [0.4, 0.5) is 0 Å². The van der Waals surface area contributed by atoms with Gasteiger partial charge in [-0.2, -0.15) is 0 Å². The van der Waals surface area contributed by atoms with Crippen LogP contribution in [0.15, 0.2) is 36.4 Å². The maximum absolute atomic E-state index is 12.5. The molecule has 0 aliphatic carbocycles. The Bertz CT molecular complexity index is 736. The lowest BCUT2D eigenvalue weighted by molar-refractivity contribution is 0.0538. The Morgan fingerprint density at radius 2 is 1.65 bits per heavy atom. The number of hydrogen-bond donors (Lipinski definition) is 0. The Kier molecular flexibility index (Phi) is 4.68. The van der Waals surface area contributed by atoms with Gasteiger partial charge < -0.3 is 9.80 Å². The molecule has 1 aliphatic heterocycles. The molecular formula is C17H17ClN2O2S. The molecule has 3 rings (SSSR count). The summed E-state index contributed by atoms with van der Waals surface area (Å²) in [7, 11) is 0. The highest BCUT2D eigenvalue weighted by Gasteiger charge is 2.26. The average Bonchev–Trinajstić information content (AvgIpc) is 3.00. The summed E-state index contributed by atoms with van der Waals surface area (Å²) in [6.07, 6.45) is 0. The Labute approximate surface area is 144 Å².